The van der Waals surface area contributed by atoms with E-state index in [9.17, 15) is 13.2 Å². The maximum atomic E-state index is 13.1. The van der Waals surface area contributed by atoms with Gasteiger partial charge >= 0.3 is 0 Å². The number of anilines is 1. The fourth-order valence-electron chi connectivity index (χ4n) is 3.84. The summed E-state index contributed by atoms with van der Waals surface area (Å²) in [7, 11) is -2.27. The molecule has 2 aromatic carbocycles. The predicted octanol–water partition coefficient (Wildman–Crippen LogP) is 2.97. The molecule has 2 aromatic rings. The SMILES string of the molecule is COc1ccc(NS(=O)(=O)c2ccc(C)c(C(=O)N3CCN(CC4CC4)CC3)c2)cc1. The standard InChI is InChI=1S/C23H29N3O4S/c1-17-3-10-21(31(28,29)24-19-6-8-20(30-2)9-7-19)15-22(17)23(27)26-13-11-25(12-14-26)16-18-4-5-18/h3,6-10,15,18,24H,4-5,11-14,16H2,1-2H3. The number of carbonyl (C=O) groups excluding carboxylic acids is 1. The summed E-state index contributed by atoms with van der Waals surface area (Å²) >= 11 is 0. The molecule has 31 heavy (non-hydrogen) atoms. The molecule has 1 saturated carbocycles. The van der Waals surface area contributed by atoms with Crippen LogP contribution in [0.3, 0.4) is 0 Å². The lowest BCUT2D eigenvalue weighted by Crippen LogP contribution is -2.49. The second-order valence-corrected chi connectivity index (χ2v) is 10.0. The van der Waals surface area contributed by atoms with Crippen LogP contribution in [0, 0.1) is 12.8 Å². The molecule has 2 aliphatic rings. The molecule has 0 aromatic heterocycles. The Morgan fingerprint density at radius 2 is 1.74 bits per heavy atom. The van der Waals surface area contributed by atoms with Crippen molar-refractivity contribution in [2.75, 3.05) is 44.6 Å². The van der Waals surface area contributed by atoms with Crippen LogP contribution < -0.4 is 9.46 Å². The molecule has 7 nitrogen and oxygen atoms in total. The zero-order valence-corrected chi connectivity index (χ0v) is 18.8. The summed E-state index contributed by atoms with van der Waals surface area (Å²) in [5, 5.41) is 0. The van der Waals surface area contributed by atoms with E-state index in [1.165, 1.54) is 25.0 Å². The zero-order chi connectivity index (χ0) is 22.0. The first-order chi connectivity index (χ1) is 14.9. The molecule has 1 aliphatic heterocycles. The zero-order valence-electron chi connectivity index (χ0n) is 18.0. The average molecular weight is 444 g/mol. The Morgan fingerprint density at radius 1 is 1.06 bits per heavy atom. The summed E-state index contributed by atoms with van der Waals surface area (Å²) in [5.41, 5.74) is 1.64. The smallest absolute Gasteiger partial charge is 0.261 e. The Hall–Kier alpha value is -2.58. The van der Waals surface area contributed by atoms with Crippen molar-refractivity contribution in [3.63, 3.8) is 0 Å². The van der Waals surface area contributed by atoms with Crippen LogP contribution in [0.2, 0.25) is 0 Å². The van der Waals surface area contributed by atoms with Crippen molar-refractivity contribution in [2.24, 2.45) is 5.92 Å². The summed E-state index contributed by atoms with van der Waals surface area (Å²) in [6.07, 6.45) is 2.65. The predicted molar refractivity (Wildman–Crippen MR) is 120 cm³/mol. The van der Waals surface area contributed by atoms with Crippen LogP contribution in [0.4, 0.5) is 5.69 Å². The van der Waals surface area contributed by atoms with Gasteiger partial charge < -0.3 is 9.64 Å². The van der Waals surface area contributed by atoms with Gasteiger partial charge in [-0.25, -0.2) is 8.42 Å². The van der Waals surface area contributed by atoms with Gasteiger partial charge in [-0.15, -0.1) is 0 Å². The number of carbonyl (C=O) groups is 1. The quantitative estimate of drug-likeness (QED) is 0.712. The van der Waals surface area contributed by atoms with Crippen molar-refractivity contribution < 1.29 is 17.9 Å². The molecule has 1 N–H and O–H groups in total. The lowest BCUT2D eigenvalue weighted by Gasteiger charge is -2.35. The minimum absolute atomic E-state index is 0.0737. The summed E-state index contributed by atoms with van der Waals surface area (Å²) in [6, 6.07) is 11.4. The maximum Gasteiger partial charge on any atom is 0.261 e. The molecule has 166 valence electrons. The van der Waals surface area contributed by atoms with Crippen molar-refractivity contribution in [3.05, 3.63) is 53.6 Å². The van der Waals surface area contributed by atoms with E-state index in [0.717, 1.165) is 31.1 Å². The first-order valence-electron chi connectivity index (χ1n) is 10.6. The second kappa shape index (κ2) is 8.88. The molecular formula is C23H29N3O4S. The highest BCUT2D eigenvalue weighted by Crippen LogP contribution is 2.30. The number of nitrogens with one attached hydrogen (secondary N) is 1. The van der Waals surface area contributed by atoms with Gasteiger partial charge in [-0.3, -0.25) is 14.4 Å². The molecular weight excluding hydrogens is 414 g/mol. The number of amides is 1. The Kier molecular flexibility index (Phi) is 6.20. The van der Waals surface area contributed by atoms with Gasteiger partial charge in [0.25, 0.3) is 15.9 Å². The molecule has 4 rings (SSSR count). The van der Waals surface area contributed by atoms with Crippen molar-refractivity contribution >= 4 is 21.6 Å². The summed E-state index contributed by atoms with van der Waals surface area (Å²) in [5.74, 6) is 1.37. The van der Waals surface area contributed by atoms with Crippen molar-refractivity contribution in [1.29, 1.82) is 0 Å². The van der Waals surface area contributed by atoms with Crippen molar-refractivity contribution in [3.8, 4) is 5.75 Å². The van der Waals surface area contributed by atoms with Gasteiger partial charge in [0, 0.05) is 44.0 Å². The summed E-state index contributed by atoms with van der Waals surface area (Å²) in [4.78, 5) is 17.5. The minimum Gasteiger partial charge on any atom is -0.497 e. The molecule has 0 unspecified atom stereocenters. The van der Waals surface area contributed by atoms with Gasteiger partial charge in [-0.2, -0.15) is 0 Å². The molecule has 2 fully saturated rings. The number of benzene rings is 2. The normalized spacial score (nSPS) is 17.4. The second-order valence-electron chi connectivity index (χ2n) is 8.35. The van der Waals surface area contributed by atoms with E-state index in [1.807, 2.05) is 11.8 Å². The molecule has 1 saturated heterocycles. The summed E-state index contributed by atoms with van der Waals surface area (Å²) < 4.78 is 33.5. The highest BCUT2D eigenvalue weighted by Gasteiger charge is 2.29. The minimum atomic E-state index is -3.82. The van der Waals surface area contributed by atoms with E-state index in [-0.39, 0.29) is 10.8 Å². The van der Waals surface area contributed by atoms with Crippen LogP contribution in [-0.4, -0.2) is 64.0 Å². The van der Waals surface area contributed by atoms with Gasteiger partial charge in [0.05, 0.1) is 12.0 Å². The number of hydrogen-bond donors (Lipinski definition) is 1. The van der Waals surface area contributed by atoms with Gasteiger partial charge in [0.15, 0.2) is 0 Å². The largest absolute Gasteiger partial charge is 0.497 e. The fourth-order valence-corrected chi connectivity index (χ4v) is 4.93. The van der Waals surface area contributed by atoms with E-state index >= 15 is 0 Å². The van der Waals surface area contributed by atoms with Crippen LogP contribution in [0.1, 0.15) is 28.8 Å². The molecule has 8 heteroatoms. The molecule has 1 amide bonds. The molecule has 0 atom stereocenters. The molecule has 0 spiro atoms. The fraction of sp³-hybridized carbons (Fsp3) is 0.435. The van der Waals surface area contributed by atoms with E-state index in [2.05, 4.69) is 9.62 Å². The number of aryl methyl sites for hydroxylation is 1. The highest BCUT2D eigenvalue weighted by atomic mass is 32.2. The third-order valence-electron chi connectivity index (χ3n) is 5.96. The van der Waals surface area contributed by atoms with Crippen LogP contribution >= 0.6 is 0 Å². The molecule has 1 aliphatic carbocycles. The van der Waals surface area contributed by atoms with Gasteiger partial charge in [0.2, 0.25) is 0 Å². The Morgan fingerprint density at radius 3 is 2.35 bits per heavy atom. The lowest BCUT2D eigenvalue weighted by molar-refractivity contribution is 0.0631. The molecule has 0 radical (unpaired) electrons. The van der Waals surface area contributed by atoms with Crippen LogP contribution in [0.15, 0.2) is 47.4 Å². The number of ether oxygens (including phenoxy) is 1. The van der Waals surface area contributed by atoms with Crippen LogP contribution in [0.25, 0.3) is 0 Å². The van der Waals surface area contributed by atoms with E-state index in [0.29, 0.717) is 30.1 Å². The average Bonchev–Trinajstić information content (AvgIpc) is 3.58. The van der Waals surface area contributed by atoms with Crippen LogP contribution in [0.5, 0.6) is 5.75 Å². The Labute approximate surface area is 184 Å². The number of methoxy groups -OCH3 is 1. The lowest BCUT2D eigenvalue weighted by atomic mass is 10.1. The summed E-state index contributed by atoms with van der Waals surface area (Å²) in [6.45, 7) is 6.06. The monoisotopic (exact) mass is 443 g/mol. The first kappa shape index (κ1) is 21.6. The molecule has 0 bridgehead atoms. The van der Waals surface area contributed by atoms with E-state index in [4.69, 9.17) is 4.74 Å². The number of nitrogens with zero attached hydrogens (tertiary/aromatic N) is 2. The number of sulfonamides is 1. The van der Waals surface area contributed by atoms with Crippen molar-refractivity contribution in [1.82, 2.24) is 9.80 Å². The number of piperazine rings is 1. The van der Waals surface area contributed by atoms with E-state index < -0.39 is 10.0 Å². The third-order valence-corrected chi connectivity index (χ3v) is 7.34. The highest BCUT2D eigenvalue weighted by molar-refractivity contribution is 7.92. The van der Waals surface area contributed by atoms with Gasteiger partial charge in [0.1, 0.15) is 5.75 Å². The first-order valence-corrected chi connectivity index (χ1v) is 12.1. The maximum absolute atomic E-state index is 13.1. The van der Waals surface area contributed by atoms with Gasteiger partial charge in [-0.05, 0) is 67.6 Å². The topological polar surface area (TPSA) is 78.9 Å². The van der Waals surface area contributed by atoms with Crippen molar-refractivity contribution in [2.45, 2.75) is 24.7 Å². The van der Waals surface area contributed by atoms with Crippen LogP contribution in [-0.2, 0) is 10.0 Å². The Bertz CT molecular complexity index is 1040. The number of rotatable bonds is 7. The Balaban J connectivity index is 1.47. The number of hydrogen-bond acceptors (Lipinski definition) is 5. The molecule has 1 heterocycles. The van der Waals surface area contributed by atoms with E-state index in [1.54, 1.807) is 37.4 Å². The van der Waals surface area contributed by atoms with Gasteiger partial charge in [-0.1, -0.05) is 6.07 Å². The third kappa shape index (κ3) is 5.19.